The number of rotatable bonds is 7. The molecule has 96 valence electrons. The lowest BCUT2D eigenvalue weighted by Gasteiger charge is -2.02. The van der Waals surface area contributed by atoms with E-state index in [0.29, 0.717) is 23.4 Å². The normalized spacial score (nSPS) is 10.0. The molecular weight excluding hydrogens is 258 g/mol. The van der Waals surface area contributed by atoms with Gasteiger partial charge in [0, 0.05) is 17.4 Å². The molecule has 0 radical (unpaired) electrons. The molecule has 0 amide bonds. The van der Waals surface area contributed by atoms with E-state index in [4.69, 9.17) is 5.11 Å². The second kappa shape index (κ2) is 6.75. The van der Waals surface area contributed by atoms with Gasteiger partial charge in [0.2, 0.25) is 0 Å². The van der Waals surface area contributed by atoms with Gasteiger partial charge >= 0.3 is 5.97 Å². The van der Waals surface area contributed by atoms with Crippen molar-refractivity contribution in [2.45, 2.75) is 17.7 Å². The summed E-state index contributed by atoms with van der Waals surface area (Å²) in [7, 11) is 0. The van der Waals surface area contributed by atoms with Gasteiger partial charge in [0.05, 0.1) is 10.5 Å². The Kier molecular flexibility index (Phi) is 5.31. The summed E-state index contributed by atoms with van der Waals surface area (Å²) < 4.78 is 0. The average Bonchev–Trinajstić information content (AvgIpc) is 2.33. The SMILES string of the molecule is O=Cc1cc(SCCCC(=O)O)ccc1[N+](=O)[O-]. The molecule has 0 spiro atoms. The Labute approximate surface area is 107 Å². The fourth-order valence-corrected chi connectivity index (χ4v) is 2.20. The van der Waals surface area contributed by atoms with Gasteiger partial charge in [0.15, 0.2) is 6.29 Å². The van der Waals surface area contributed by atoms with Crippen molar-refractivity contribution >= 4 is 29.7 Å². The number of carbonyl (C=O) groups is 2. The molecule has 6 nitrogen and oxygen atoms in total. The number of nitrogens with zero attached hydrogens (tertiary/aromatic N) is 1. The standard InChI is InChI=1S/C11H11NO5S/c13-7-8-6-9(3-4-10(8)12(16)17)18-5-1-2-11(14)15/h3-4,6-7H,1-2,5H2,(H,14,15). The molecule has 0 heterocycles. The van der Waals surface area contributed by atoms with E-state index in [1.165, 1.54) is 23.9 Å². The highest BCUT2D eigenvalue weighted by Gasteiger charge is 2.13. The molecule has 0 saturated heterocycles. The molecular formula is C11H11NO5S. The smallest absolute Gasteiger partial charge is 0.303 e. The van der Waals surface area contributed by atoms with Gasteiger partial charge in [-0.1, -0.05) is 0 Å². The van der Waals surface area contributed by atoms with Crippen LogP contribution in [0.25, 0.3) is 0 Å². The van der Waals surface area contributed by atoms with E-state index >= 15 is 0 Å². The van der Waals surface area contributed by atoms with E-state index in [9.17, 15) is 19.7 Å². The molecule has 0 aliphatic carbocycles. The average molecular weight is 269 g/mol. The second-order valence-electron chi connectivity index (χ2n) is 3.44. The minimum absolute atomic E-state index is 0.0308. The van der Waals surface area contributed by atoms with Gasteiger partial charge in [-0.05, 0) is 24.3 Å². The van der Waals surface area contributed by atoms with Crippen molar-refractivity contribution in [1.29, 1.82) is 0 Å². The maximum absolute atomic E-state index is 10.7. The highest BCUT2D eigenvalue weighted by Crippen LogP contribution is 2.25. The summed E-state index contributed by atoms with van der Waals surface area (Å²) in [6.07, 6.45) is 1.04. The predicted molar refractivity (Wildman–Crippen MR) is 66.1 cm³/mol. The van der Waals surface area contributed by atoms with E-state index in [2.05, 4.69) is 0 Å². The molecule has 18 heavy (non-hydrogen) atoms. The van der Waals surface area contributed by atoms with E-state index < -0.39 is 10.9 Å². The number of carbonyl (C=O) groups excluding carboxylic acids is 1. The number of aldehydes is 1. The molecule has 1 rings (SSSR count). The maximum atomic E-state index is 10.7. The Bertz CT molecular complexity index is 475. The third-order valence-corrected chi connectivity index (χ3v) is 3.21. The number of aliphatic carboxylic acids is 1. The summed E-state index contributed by atoms with van der Waals surface area (Å²) >= 11 is 1.37. The molecule has 0 aliphatic heterocycles. The van der Waals surface area contributed by atoms with Crippen LogP contribution in [0.4, 0.5) is 5.69 Å². The van der Waals surface area contributed by atoms with Crippen molar-refractivity contribution in [3.63, 3.8) is 0 Å². The van der Waals surface area contributed by atoms with Crippen molar-refractivity contribution in [2.24, 2.45) is 0 Å². The third-order valence-electron chi connectivity index (χ3n) is 2.13. The first-order valence-corrected chi connectivity index (χ1v) is 6.11. The number of nitro groups is 1. The zero-order valence-corrected chi connectivity index (χ0v) is 10.2. The van der Waals surface area contributed by atoms with Crippen molar-refractivity contribution < 1.29 is 19.6 Å². The molecule has 0 atom stereocenters. The van der Waals surface area contributed by atoms with E-state index in [1.807, 2.05) is 0 Å². The summed E-state index contributed by atoms with van der Waals surface area (Å²) in [5.74, 6) is -0.268. The summed E-state index contributed by atoms with van der Waals surface area (Å²) in [4.78, 5) is 31.7. The fraction of sp³-hybridized carbons (Fsp3) is 0.273. The molecule has 0 bridgehead atoms. The van der Waals surface area contributed by atoms with Crippen LogP contribution in [0.2, 0.25) is 0 Å². The van der Waals surface area contributed by atoms with Crippen LogP contribution in [0.1, 0.15) is 23.2 Å². The molecule has 0 unspecified atom stereocenters. The number of carboxylic acids is 1. The Balaban J connectivity index is 2.65. The molecule has 0 fully saturated rings. The van der Waals surface area contributed by atoms with E-state index in [0.717, 1.165) is 0 Å². The number of hydrogen-bond acceptors (Lipinski definition) is 5. The quantitative estimate of drug-likeness (QED) is 0.268. The maximum Gasteiger partial charge on any atom is 0.303 e. The summed E-state index contributed by atoms with van der Waals surface area (Å²) in [6.45, 7) is 0. The van der Waals surface area contributed by atoms with E-state index in [1.54, 1.807) is 6.07 Å². The zero-order valence-electron chi connectivity index (χ0n) is 9.37. The minimum Gasteiger partial charge on any atom is -0.481 e. The Morgan fingerprint density at radius 3 is 2.78 bits per heavy atom. The van der Waals surface area contributed by atoms with Crippen molar-refractivity contribution in [3.8, 4) is 0 Å². The minimum atomic E-state index is -0.854. The molecule has 1 aromatic rings. The Morgan fingerprint density at radius 2 is 2.22 bits per heavy atom. The Hall–Kier alpha value is -1.89. The number of hydrogen-bond donors (Lipinski definition) is 1. The first-order chi connectivity index (χ1) is 8.54. The zero-order chi connectivity index (χ0) is 13.5. The van der Waals surface area contributed by atoms with Crippen LogP contribution >= 0.6 is 11.8 Å². The lowest BCUT2D eigenvalue weighted by atomic mass is 10.2. The van der Waals surface area contributed by atoms with Gasteiger partial charge in [-0.2, -0.15) is 0 Å². The second-order valence-corrected chi connectivity index (χ2v) is 4.61. The highest BCUT2D eigenvalue weighted by atomic mass is 32.2. The number of benzene rings is 1. The van der Waals surface area contributed by atoms with Gasteiger partial charge in [-0.15, -0.1) is 11.8 Å². The van der Waals surface area contributed by atoms with Crippen LogP contribution in [0, 0.1) is 10.1 Å². The first kappa shape index (κ1) is 14.2. The van der Waals surface area contributed by atoms with Crippen molar-refractivity contribution in [2.75, 3.05) is 5.75 Å². The van der Waals surface area contributed by atoms with Gasteiger partial charge in [-0.3, -0.25) is 19.7 Å². The lowest BCUT2D eigenvalue weighted by molar-refractivity contribution is -0.385. The van der Waals surface area contributed by atoms with Crippen molar-refractivity contribution in [1.82, 2.24) is 0 Å². The molecule has 0 aliphatic rings. The number of nitro benzene ring substituents is 1. The van der Waals surface area contributed by atoms with Crippen LogP contribution in [-0.2, 0) is 4.79 Å². The summed E-state index contributed by atoms with van der Waals surface area (Å²) in [6, 6.07) is 4.27. The number of thioether (sulfide) groups is 1. The molecule has 1 aromatic carbocycles. The molecule has 0 saturated carbocycles. The Morgan fingerprint density at radius 1 is 1.50 bits per heavy atom. The summed E-state index contributed by atoms with van der Waals surface area (Å²) in [5, 5.41) is 19.1. The van der Waals surface area contributed by atoms with Gasteiger partial charge in [0.25, 0.3) is 5.69 Å². The van der Waals surface area contributed by atoms with Crippen molar-refractivity contribution in [3.05, 3.63) is 33.9 Å². The van der Waals surface area contributed by atoms with Gasteiger partial charge in [-0.25, -0.2) is 0 Å². The monoisotopic (exact) mass is 269 g/mol. The topological polar surface area (TPSA) is 97.5 Å². The first-order valence-electron chi connectivity index (χ1n) is 5.13. The number of carboxylic acid groups (broad SMARTS) is 1. The molecule has 1 N–H and O–H groups in total. The molecule has 7 heteroatoms. The van der Waals surface area contributed by atoms with Crippen LogP contribution in [-0.4, -0.2) is 28.0 Å². The van der Waals surface area contributed by atoms with Crippen LogP contribution in [0.15, 0.2) is 23.1 Å². The highest BCUT2D eigenvalue weighted by molar-refractivity contribution is 7.99. The van der Waals surface area contributed by atoms with Crippen LogP contribution < -0.4 is 0 Å². The van der Waals surface area contributed by atoms with Crippen LogP contribution in [0.5, 0.6) is 0 Å². The fourth-order valence-electron chi connectivity index (χ4n) is 1.30. The third kappa shape index (κ3) is 4.17. The largest absolute Gasteiger partial charge is 0.481 e. The van der Waals surface area contributed by atoms with Crippen LogP contribution in [0.3, 0.4) is 0 Å². The van der Waals surface area contributed by atoms with E-state index in [-0.39, 0.29) is 17.7 Å². The van der Waals surface area contributed by atoms with Gasteiger partial charge in [0.1, 0.15) is 0 Å². The lowest BCUT2D eigenvalue weighted by Crippen LogP contribution is -1.96. The summed E-state index contributed by atoms with van der Waals surface area (Å²) in [5.41, 5.74) is -0.192. The predicted octanol–water partition coefficient (Wildman–Crippen LogP) is 2.36. The van der Waals surface area contributed by atoms with Gasteiger partial charge < -0.3 is 5.11 Å². The molecule has 0 aromatic heterocycles.